The number of alkyl halides is 2. The Morgan fingerprint density at radius 3 is 2.62 bits per heavy atom. The lowest BCUT2D eigenvalue weighted by Gasteiger charge is -2.16. The van der Waals surface area contributed by atoms with Gasteiger partial charge >= 0.3 is 0 Å². The van der Waals surface area contributed by atoms with Crippen molar-refractivity contribution in [1.82, 2.24) is 15.2 Å². The molecule has 34 heavy (non-hydrogen) atoms. The molecule has 0 saturated heterocycles. The van der Waals surface area contributed by atoms with Gasteiger partial charge in [0.2, 0.25) is 0 Å². The van der Waals surface area contributed by atoms with E-state index in [-0.39, 0.29) is 12.0 Å². The van der Waals surface area contributed by atoms with Crippen molar-refractivity contribution in [2.75, 3.05) is 12.1 Å². The quantitative estimate of drug-likeness (QED) is 0.529. The molecule has 8 nitrogen and oxygen atoms in total. The van der Waals surface area contributed by atoms with E-state index in [9.17, 15) is 18.4 Å². The molecular formula is C24H23F2N5O3. The molecule has 176 valence electrons. The number of carbonyl (C=O) groups excluding carboxylic acids is 2. The Hall–Kier alpha value is -3.95. The average Bonchev–Trinajstić information content (AvgIpc) is 3.35. The van der Waals surface area contributed by atoms with Crippen molar-refractivity contribution in [2.24, 2.45) is 11.0 Å². The molecule has 10 heteroatoms. The lowest BCUT2D eigenvalue weighted by Crippen LogP contribution is -2.33. The summed E-state index contributed by atoms with van der Waals surface area (Å²) >= 11 is 0. The second-order valence-corrected chi connectivity index (χ2v) is 8.19. The topological polar surface area (TPSA) is 101 Å². The molecule has 1 aliphatic rings. The molecule has 0 radical (unpaired) electrons. The van der Waals surface area contributed by atoms with Crippen LogP contribution in [-0.4, -0.2) is 39.7 Å². The summed E-state index contributed by atoms with van der Waals surface area (Å²) in [5, 5.41) is 12.4. The molecule has 0 spiro atoms. The Bertz CT molecular complexity index is 1300. The molecule has 0 aliphatic carbocycles. The van der Waals surface area contributed by atoms with Gasteiger partial charge < -0.3 is 4.74 Å². The molecule has 1 amide bonds. The van der Waals surface area contributed by atoms with Crippen LogP contribution in [0.2, 0.25) is 0 Å². The van der Waals surface area contributed by atoms with E-state index in [1.54, 1.807) is 38.1 Å². The van der Waals surface area contributed by atoms with Gasteiger partial charge in [0.15, 0.2) is 11.6 Å². The zero-order valence-electron chi connectivity index (χ0n) is 19.1. The van der Waals surface area contributed by atoms with Crippen molar-refractivity contribution < 1.29 is 23.1 Å². The van der Waals surface area contributed by atoms with Gasteiger partial charge in [-0.05, 0) is 43.7 Å². The first-order valence-corrected chi connectivity index (χ1v) is 10.5. The number of anilines is 1. The summed E-state index contributed by atoms with van der Waals surface area (Å²) in [6.07, 6.45) is -0.161. The highest BCUT2D eigenvalue weighted by Gasteiger charge is 2.39. The number of hydrogen-bond donors (Lipinski definition) is 1. The molecule has 0 saturated carbocycles. The third-order valence-corrected chi connectivity index (χ3v) is 5.53. The van der Waals surface area contributed by atoms with Gasteiger partial charge in [-0.3, -0.25) is 14.7 Å². The van der Waals surface area contributed by atoms with Gasteiger partial charge in [0.05, 0.1) is 24.1 Å². The van der Waals surface area contributed by atoms with Crippen LogP contribution in [0.4, 0.5) is 14.5 Å². The summed E-state index contributed by atoms with van der Waals surface area (Å²) in [6, 6.07) is 10.6. The number of nitrogens with zero attached hydrogens (tertiary/aromatic N) is 4. The first-order chi connectivity index (χ1) is 16.1. The van der Waals surface area contributed by atoms with Crippen LogP contribution < -0.4 is 9.75 Å². The third-order valence-electron chi connectivity index (χ3n) is 5.53. The first kappa shape index (κ1) is 23.2. The monoisotopic (exact) mass is 467 g/mol. The molecule has 2 aromatic carbocycles. The fourth-order valence-corrected chi connectivity index (χ4v) is 3.84. The van der Waals surface area contributed by atoms with E-state index < -0.39 is 23.5 Å². The molecule has 3 aromatic rings. The van der Waals surface area contributed by atoms with E-state index in [1.165, 1.54) is 25.3 Å². The maximum atomic E-state index is 13.7. The number of amides is 1. The minimum atomic E-state index is -3.02. The number of hydrazone groups is 1. The summed E-state index contributed by atoms with van der Waals surface area (Å²) < 4.78 is 32.7. The van der Waals surface area contributed by atoms with Gasteiger partial charge in [-0.1, -0.05) is 18.2 Å². The highest BCUT2D eigenvalue weighted by Crippen LogP contribution is 2.34. The Morgan fingerprint density at radius 2 is 1.97 bits per heavy atom. The second-order valence-electron chi connectivity index (χ2n) is 8.19. The van der Waals surface area contributed by atoms with Crippen LogP contribution in [0.3, 0.4) is 0 Å². The molecule has 1 aliphatic heterocycles. The van der Waals surface area contributed by atoms with Crippen LogP contribution in [0.1, 0.15) is 30.8 Å². The average molecular weight is 467 g/mol. The molecule has 0 bridgehead atoms. The highest BCUT2D eigenvalue weighted by atomic mass is 19.3. The zero-order chi connectivity index (χ0) is 24.6. The largest absolute Gasteiger partial charge is 0.496 e. The van der Waals surface area contributed by atoms with Gasteiger partial charge in [0, 0.05) is 18.9 Å². The van der Waals surface area contributed by atoms with Gasteiger partial charge in [-0.2, -0.15) is 15.2 Å². The number of methoxy groups -OCH3 is 1. The number of hydrogen-bond acceptors (Lipinski definition) is 6. The number of H-pyrrole nitrogens is 1. The van der Waals surface area contributed by atoms with Crippen LogP contribution in [0.15, 0.2) is 47.6 Å². The molecule has 0 fully saturated rings. The lowest BCUT2D eigenvalue weighted by atomic mass is 9.93. The second kappa shape index (κ2) is 8.77. The maximum Gasteiger partial charge on any atom is 0.270 e. The summed E-state index contributed by atoms with van der Waals surface area (Å²) in [6.45, 7) is 4.16. The van der Waals surface area contributed by atoms with Crippen molar-refractivity contribution in [2.45, 2.75) is 33.1 Å². The molecule has 1 aromatic heterocycles. The number of ether oxygens (including phenoxy) is 1. The number of aryl methyl sites for hydroxylation is 1. The smallest absolute Gasteiger partial charge is 0.270 e. The maximum absolute atomic E-state index is 13.7. The number of rotatable bonds is 7. The zero-order valence-corrected chi connectivity index (χ0v) is 19.1. The van der Waals surface area contributed by atoms with Crippen LogP contribution in [-0.2, 0) is 21.9 Å². The number of ketones is 1. The van der Waals surface area contributed by atoms with Crippen LogP contribution in [0.5, 0.6) is 5.75 Å². The van der Waals surface area contributed by atoms with E-state index >= 15 is 0 Å². The SMILES string of the molecule is COc1ccc(N2N=C(C)C(C(=O)Cc3cccc(C(C)(F)F)c3)C2=O)cc1-c1n[nH]c(C)n1. The van der Waals surface area contributed by atoms with E-state index in [1.807, 2.05) is 0 Å². The van der Waals surface area contributed by atoms with E-state index in [0.717, 1.165) is 11.9 Å². The number of Topliss-reactive ketones (excluding diaryl/α,β-unsaturated/α-hetero) is 1. The first-order valence-electron chi connectivity index (χ1n) is 10.5. The summed E-state index contributed by atoms with van der Waals surface area (Å²) in [4.78, 5) is 30.5. The number of nitrogens with one attached hydrogen (secondary N) is 1. The van der Waals surface area contributed by atoms with Crippen molar-refractivity contribution in [3.05, 3.63) is 59.4 Å². The van der Waals surface area contributed by atoms with Gasteiger partial charge in [-0.15, -0.1) is 0 Å². The van der Waals surface area contributed by atoms with Crippen molar-refractivity contribution in [3.8, 4) is 17.1 Å². The van der Waals surface area contributed by atoms with Crippen LogP contribution >= 0.6 is 0 Å². The standard InChI is InChI=1S/C24H23F2N5O3/c1-13-21(19(32)11-15-6-5-7-16(10-15)24(3,25)26)23(33)31(30-13)17-8-9-20(34-4)18(12-17)22-27-14(2)28-29-22/h5-10,12,21H,11H2,1-4H3,(H,27,28,29). The highest BCUT2D eigenvalue weighted by molar-refractivity contribution is 6.27. The number of aromatic amines is 1. The predicted octanol–water partition coefficient (Wildman–Crippen LogP) is 4.05. The summed E-state index contributed by atoms with van der Waals surface area (Å²) in [7, 11) is 1.51. The lowest BCUT2D eigenvalue weighted by molar-refractivity contribution is -0.128. The third kappa shape index (κ3) is 4.43. The van der Waals surface area contributed by atoms with Crippen molar-refractivity contribution in [1.29, 1.82) is 0 Å². The summed E-state index contributed by atoms with van der Waals surface area (Å²) in [5.41, 5.74) is 1.53. The number of halogens is 2. The Morgan fingerprint density at radius 1 is 1.21 bits per heavy atom. The van der Waals surface area contributed by atoms with Gasteiger partial charge in [0.1, 0.15) is 17.5 Å². The normalized spacial score (nSPS) is 16.1. The fraction of sp³-hybridized carbons (Fsp3) is 0.292. The van der Waals surface area contributed by atoms with E-state index in [4.69, 9.17) is 4.74 Å². The number of carbonyl (C=O) groups is 2. The Balaban J connectivity index is 1.59. The molecule has 4 rings (SSSR count). The number of aromatic nitrogens is 3. The van der Waals surface area contributed by atoms with Gasteiger partial charge in [-0.25, -0.2) is 13.8 Å². The molecule has 2 heterocycles. The minimum absolute atomic E-state index is 0.161. The Kier molecular flexibility index (Phi) is 5.99. The number of benzene rings is 2. The predicted molar refractivity (Wildman–Crippen MR) is 122 cm³/mol. The molecule has 1 unspecified atom stereocenters. The van der Waals surface area contributed by atoms with E-state index in [2.05, 4.69) is 20.3 Å². The van der Waals surface area contributed by atoms with Crippen LogP contribution in [0.25, 0.3) is 11.4 Å². The minimum Gasteiger partial charge on any atom is -0.496 e. The van der Waals surface area contributed by atoms with Crippen LogP contribution in [0, 0.1) is 12.8 Å². The van der Waals surface area contributed by atoms with E-state index in [0.29, 0.717) is 39.9 Å². The molecule has 1 atom stereocenters. The summed E-state index contributed by atoms with van der Waals surface area (Å²) in [5.74, 6) is -3.53. The Labute approximate surface area is 194 Å². The fourth-order valence-electron chi connectivity index (χ4n) is 3.84. The van der Waals surface area contributed by atoms with Gasteiger partial charge in [0.25, 0.3) is 11.8 Å². The van der Waals surface area contributed by atoms with Crippen molar-refractivity contribution >= 4 is 23.1 Å². The molecular weight excluding hydrogens is 444 g/mol. The molecule has 1 N–H and O–H groups in total. The van der Waals surface area contributed by atoms with Crippen molar-refractivity contribution in [3.63, 3.8) is 0 Å².